The highest BCUT2D eigenvalue weighted by Gasteiger charge is 2.05. The molecule has 1 N–H and O–H groups in total. The fourth-order valence-corrected chi connectivity index (χ4v) is 2.83. The molecule has 2 aromatic rings. The number of rotatable bonds is 11. The maximum atomic E-state index is 5.64. The molecule has 2 aromatic carbocycles. The van der Waals surface area contributed by atoms with Gasteiger partial charge in [0.25, 0.3) is 0 Å². The Bertz CT molecular complexity index is 583. The number of benzene rings is 2. The monoisotopic (exact) mass is 340 g/mol. The van der Waals surface area contributed by atoms with Crippen LogP contribution in [0.1, 0.15) is 43.9 Å². The zero-order valence-corrected chi connectivity index (χ0v) is 15.9. The Balaban J connectivity index is 1.65. The summed E-state index contributed by atoms with van der Waals surface area (Å²) in [5, 5.41) is 3.61. The third-order valence-electron chi connectivity index (χ3n) is 4.32. The fourth-order valence-electron chi connectivity index (χ4n) is 2.83. The minimum Gasteiger partial charge on any atom is -0.494 e. The van der Waals surface area contributed by atoms with E-state index < -0.39 is 0 Å². The van der Waals surface area contributed by atoms with Crippen LogP contribution in [-0.4, -0.2) is 31.6 Å². The molecule has 1 unspecified atom stereocenters. The summed E-state index contributed by atoms with van der Waals surface area (Å²) in [5.74, 6) is 0.959. The molecule has 0 fully saturated rings. The second-order valence-corrected chi connectivity index (χ2v) is 6.67. The van der Waals surface area contributed by atoms with Crippen molar-refractivity contribution in [1.82, 2.24) is 10.2 Å². The lowest BCUT2D eigenvalue weighted by Gasteiger charge is -2.19. The van der Waals surface area contributed by atoms with Gasteiger partial charge in [-0.05, 0) is 63.2 Å². The topological polar surface area (TPSA) is 24.5 Å². The lowest BCUT2D eigenvalue weighted by atomic mass is 10.1. The Labute approximate surface area is 153 Å². The third kappa shape index (κ3) is 7.29. The summed E-state index contributed by atoms with van der Waals surface area (Å²) in [6, 6.07) is 19.4. The van der Waals surface area contributed by atoms with Crippen LogP contribution < -0.4 is 10.1 Å². The van der Waals surface area contributed by atoms with E-state index in [0.717, 1.165) is 44.8 Å². The minimum atomic E-state index is 0.361. The van der Waals surface area contributed by atoms with Crippen LogP contribution in [0.4, 0.5) is 0 Å². The van der Waals surface area contributed by atoms with E-state index in [9.17, 15) is 0 Å². The molecule has 0 radical (unpaired) electrons. The summed E-state index contributed by atoms with van der Waals surface area (Å²) >= 11 is 0. The molecule has 0 bridgehead atoms. The Morgan fingerprint density at radius 1 is 1.04 bits per heavy atom. The molecule has 0 amide bonds. The van der Waals surface area contributed by atoms with Crippen molar-refractivity contribution in [2.24, 2.45) is 0 Å². The highest BCUT2D eigenvalue weighted by molar-refractivity contribution is 5.28. The van der Waals surface area contributed by atoms with Gasteiger partial charge < -0.3 is 15.0 Å². The van der Waals surface area contributed by atoms with Gasteiger partial charge in [0, 0.05) is 12.6 Å². The normalized spacial score (nSPS) is 12.3. The zero-order chi connectivity index (χ0) is 17.9. The molecule has 0 aliphatic rings. The lowest BCUT2D eigenvalue weighted by Crippen LogP contribution is -2.25. The van der Waals surface area contributed by atoms with Crippen molar-refractivity contribution in [2.75, 3.05) is 26.7 Å². The van der Waals surface area contributed by atoms with E-state index in [0.29, 0.717) is 6.04 Å². The molecular formula is C22H32N2O. The van der Waals surface area contributed by atoms with E-state index in [2.05, 4.69) is 85.7 Å². The van der Waals surface area contributed by atoms with Gasteiger partial charge in [-0.1, -0.05) is 49.4 Å². The average molecular weight is 341 g/mol. The highest BCUT2D eigenvalue weighted by Crippen LogP contribution is 2.17. The molecule has 0 aromatic heterocycles. The molecule has 25 heavy (non-hydrogen) atoms. The molecule has 2 rings (SSSR count). The SMILES string of the molecule is CCCOc1ccc(C(C)NCCCN(C)Cc2ccccc2)cc1. The molecule has 0 saturated heterocycles. The van der Waals surface area contributed by atoms with Gasteiger partial charge >= 0.3 is 0 Å². The Morgan fingerprint density at radius 2 is 1.76 bits per heavy atom. The maximum absolute atomic E-state index is 5.64. The van der Waals surface area contributed by atoms with E-state index in [1.807, 2.05) is 0 Å². The standard InChI is InChI=1S/C22H32N2O/c1-4-17-25-22-13-11-21(12-14-22)19(2)23-15-8-16-24(3)18-20-9-6-5-7-10-20/h5-7,9-14,19,23H,4,8,15-18H2,1-3H3. The average Bonchev–Trinajstić information content (AvgIpc) is 2.64. The summed E-state index contributed by atoms with van der Waals surface area (Å²) in [7, 11) is 2.19. The Kier molecular flexibility index (Phi) is 8.50. The number of nitrogens with zero attached hydrogens (tertiary/aromatic N) is 1. The van der Waals surface area contributed by atoms with Gasteiger partial charge in [-0.2, -0.15) is 0 Å². The molecule has 1 atom stereocenters. The molecule has 3 heteroatoms. The predicted molar refractivity (Wildman–Crippen MR) is 106 cm³/mol. The molecule has 0 spiro atoms. The smallest absolute Gasteiger partial charge is 0.119 e. The van der Waals surface area contributed by atoms with Gasteiger partial charge in [-0.3, -0.25) is 0 Å². The fraction of sp³-hybridized carbons (Fsp3) is 0.455. The van der Waals surface area contributed by atoms with Crippen LogP contribution in [0.15, 0.2) is 54.6 Å². The second kappa shape index (κ2) is 10.9. The highest BCUT2D eigenvalue weighted by atomic mass is 16.5. The van der Waals surface area contributed by atoms with Gasteiger partial charge in [-0.15, -0.1) is 0 Å². The van der Waals surface area contributed by atoms with Crippen molar-refractivity contribution >= 4 is 0 Å². The van der Waals surface area contributed by atoms with Gasteiger partial charge in [-0.25, -0.2) is 0 Å². The largest absolute Gasteiger partial charge is 0.494 e. The van der Waals surface area contributed by atoms with E-state index in [4.69, 9.17) is 4.74 Å². The maximum Gasteiger partial charge on any atom is 0.119 e. The quantitative estimate of drug-likeness (QED) is 0.603. The number of hydrogen-bond acceptors (Lipinski definition) is 3. The number of hydrogen-bond donors (Lipinski definition) is 1. The summed E-state index contributed by atoms with van der Waals surface area (Å²) in [4.78, 5) is 2.38. The van der Waals surface area contributed by atoms with Gasteiger partial charge in [0.15, 0.2) is 0 Å². The summed E-state index contributed by atoms with van der Waals surface area (Å²) in [6.45, 7) is 8.25. The van der Waals surface area contributed by atoms with Gasteiger partial charge in [0.05, 0.1) is 6.61 Å². The van der Waals surface area contributed by atoms with Crippen LogP contribution in [0.25, 0.3) is 0 Å². The molecule has 136 valence electrons. The van der Waals surface area contributed by atoms with Crippen molar-refractivity contribution in [1.29, 1.82) is 0 Å². The predicted octanol–water partition coefficient (Wildman–Crippen LogP) is 4.65. The summed E-state index contributed by atoms with van der Waals surface area (Å²) in [6.07, 6.45) is 2.18. The molecule has 0 saturated carbocycles. The Morgan fingerprint density at radius 3 is 2.44 bits per heavy atom. The van der Waals surface area contributed by atoms with Crippen LogP contribution in [0.2, 0.25) is 0 Å². The van der Waals surface area contributed by atoms with Crippen molar-refractivity contribution in [2.45, 2.75) is 39.3 Å². The van der Waals surface area contributed by atoms with Gasteiger partial charge in [0.2, 0.25) is 0 Å². The Hall–Kier alpha value is -1.84. The molecule has 0 aliphatic carbocycles. The molecular weight excluding hydrogens is 308 g/mol. The first kappa shape index (κ1) is 19.5. The van der Waals surface area contributed by atoms with Crippen LogP contribution in [0, 0.1) is 0 Å². The summed E-state index contributed by atoms with van der Waals surface area (Å²) < 4.78 is 5.64. The number of ether oxygens (including phenoxy) is 1. The second-order valence-electron chi connectivity index (χ2n) is 6.67. The van der Waals surface area contributed by atoms with Crippen molar-refractivity contribution in [3.63, 3.8) is 0 Å². The number of nitrogens with one attached hydrogen (secondary N) is 1. The third-order valence-corrected chi connectivity index (χ3v) is 4.32. The van der Waals surface area contributed by atoms with E-state index >= 15 is 0 Å². The zero-order valence-electron chi connectivity index (χ0n) is 15.9. The van der Waals surface area contributed by atoms with E-state index in [1.54, 1.807) is 0 Å². The van der Waals surface area contributed by atoms with E-state index in [1.165, 1.54) is 11.1 Å². The molecule has 0 aliphatic heterocycles. The minimum absolute atomic E-state index is 0.361. The van der Waals surface area contributed by atoms with Crippen molar-refractivity contribution < 1.29 is 4.74 Å². The van der Waals surface area contributed by atoms with Crippen LogP contribution in [-0.2, 0) is 6.54 Å². The van der Waals surface area contributed by atoms with E-state index in [-0.39, 0.29) is 0 Å². The first-order valence-corrected chi connectivity index (χ1v) is 9.37. The van der Waals surface area contributed by atoms with Crippen LogP contribution in [0.3, 0.4) is 0 Å². The van der Waals surface area contributed by atoms with Crippen LogP contribution >= 0.6 is 0 Å². The van der Waals surface area contributed by atoms with Crippen molar-refractivity contribution in [3.05, 3.63) is 65.7 Å². The summed E-state index contributed by atoms with van der Waals surface area (Å²) in [5.41, 5.74) is 2.68. The first-order valence-electron chi connectivity index (χ1n) is 9.37. The first-order chi connectivity index (χ1) is 12.2. The lowest BCUT2D eigenvalue weighted by molar-refractivity contribution is 0.316. The van der Waals surface area contributed by atoms with Gasteiger partial charge in [0.1, 0.15) is 5.75 Å². The van der Waals surface area contributed by atoms with Crippen molar-refractivity contribution in [3.8, 4) is 5.75 Å². The molecule has 0 heterocycles. The molecule has 3 nitrogen and oxygen atoms in total. The van der Waals surface area contributed by atoms with Crippen LogP contribution in [0.5, 0.6) is 5.75 Å².